The molecule has 3 heteroatoms. The number of benzene rings is 3. The van der Waals surface area contributed by atoms with E-state index in [2.05, 4.69) is 91.0 Å². The predicted octanol–water partition coefficient (Wildman–Crippen LogP) is 5.70. The summed E-state index contributed by atoms with van der Waals surface area (Å²) in [5.41, 5.74) is 3.67. The van der Waals surface area contributed by atoms with E-state index in [1.807, 2.05) is 6.92 Å². The number of ether oxygens (including phenoxy) is 1. The number of rotatable bonds is 5. The molecule has 0 spiro atoms. The van der Waals surface area contributed by atoms with Crippen molar-refractivity contribution in [2.75, 3.05) is 12.8 Å². The zero-order chi connectivity index (χ0) is 19.9. The largest absolute Gasteiger partial charge is 0.465 e. The summed E-state index contributed by atoms with van der Waals surface area (Å²) in [5.74, 6) is -0.0154. The van der Waals surface area contributed by atoms with Crippen LogP contribution in [-0.2, 0) is 20.1 Å². The van der Waals surface area contributed by atoms with Gasteiger partial charge in [0.1, 0.15) is 0 Å². The number of fused-ring (bicyclic) bond motifs is 1. The lowest BCUT2D eigenvalue weighted by atomic mass is 9.61. The molecule has 0 saturated carbocycles. The Bertz CT molecular complexity index is 963. The third-order valence-corrected chi connectivity index (χ3v) is 10.2. The molecule has 0 amide bonds. The van der Waals surface area contributed by atoms with E-state index in [4.69, 9.17) is 4.74 Å². The van der Waals surface area contributed by atoms with Crippen LogP contribution in [-0.4, -0.2) is 24.4 Å². The molecule has 146 valence electrons. The Morgan fingerprint density at radius 3 is 1.83 bits per heavy atom. The molecule has 2 fully saturated rings. The van der Waals surface area contributed by atoms with Crippen LogP contribution in [0.1, 0.15) is 30.0 Å². The number of esters is 1. The second kappa shape index (κ2) is 7.11. The Balaban J connectivity index is 1.79. The fourth-order valence-electron chi connectivity index (χ4n) is 5.73. The van der Waals surface area contributed by atoms with Crippen molar-refractivity contribution in [1.29, 1.82) is 0 Å². The Morgan fingerprint density at radius 1 is 0.862 bits per heavy atom. The second-order valence-electron chi connectivity index (χ2n) is 7.87. The van der Waals surface area contributed by atoms with Gasteiger partial charge in [-0.15, -0.1) is 0 Å². The van der Waals surface area contributed by atoms with Gasteiger partial charge in [-0.3, -0.25) is 4.79 Å². The minimum Gasteiger partial charge on any atom is -0.465 e. The number of hydrogen-bond donors (Lipinski definition) is 0. The van der Waals surface area contributed by atoms with E-state index >= 15 is 0 Å². The number of hydrogen-bond acceptors (Lipinski definition) is 2. The van der Waals surface area contributed by atoms with Gasteiger partial charge in [-0.25, -0.2) is 0 Å². The molecular formula is C26H25O2P. The van der Waals surface area contributed by atoms with E-state index in [0.717, 1.165) is 12.6 Å². The SMILES string of the molecule is CCOC(=O)C1P2CCC(c3ccccc3)(c3ccccc3)C12c1ccccc1. The minimum absolute atomic E-state index is 0.0154. The fraction of sp³-hybridized carbons (Fsp3) is 0.269. The number of carbonyl (C=O) groups is 1. The van der Waals surface area contributed by atoms with E-state index in [9.17, 15) is 4.79 Å². The van der Waals surface area contributed by atoms with Crippen molar-refractivity contribution in [2.45, 2.75) is 29.6 Å². The van der Waals surface area contributed by atoms with Gasteiger partial charge in [0.2, 0.25) is 0 Å². The predicted molar refractivity (Wildman–Crippen MR) is 119 cm³/mol. The molecule has 2 saturated heterocycles. The monoisotopic (exact) mass is 400 g/mol. The lowest BCUT2D eigenvalue weighted by molar-refractivity contribution is -0.142. The Hall–Kier alpha value is -2.44. The molecule has 3 atom stereocenters. The van der Waals surface area contributed by atoms with Crippen molar-refractivity contribution in [3.05, 3.63) is 108 Å². The van der Waals surface area contributed by atoms with Gasteiger partial charge >= 0.3 is 5.97 Å². The molecule has 0 aromatic heterocycles. The van der Waals surface area contributed by atoms with Crippen molar-refractivity contribution in [1.82, 2.24) is 0 Å². The van der Waals surface area contributed by atoms with Crippen LogP contribution in [0.2, 0.25) is 0 Å². The summed E-state index contributed by atoms with van der Waals surface area (Å²) in [6.45, 7) is 2.34. The lowest BCUT2D eigenvalue weighted by Gasteiger charge is -2.41. The standard InChI is InChI=1S/C26H25O2P/c1-2-28-24(27)23-26(22-16-10-5-11-17-22)25(18-19-29(23)26,20-12-6-3-7-13-20)21-14-8-4-9-15-21/h3-17,23H,2,18-19H2,1H3. The molecule has 0 radical (unpaired) electrons. The summed E-state index contributed by atoms with van der Waals surface area (Å²) in [4.78, 5) is 13.1. The van der Waals surface area contributed by atoms with Gasteiger partial charge < -0.3 is 4.74 Å². The molecule has 2 aliphatic heterocycles. The Labute approximate surface area is 173 Å². The van der Waals surface area contributed by atoms with Gasteiger partial charge in [-0.05, 0) is 36.2 Å². The first kappa shape index (κ1) is 18.6. The van der Waals surface area contributed by atoms with Crippen LogP contribution < -0.4 is 0 Å². The first-order valence-electron chi connectivity index (χ1n) is 10.4. The van der Waals surface area contributed by atoms with Gasteiger partial charge in [0.25, 0.3) is 0 Å². The summed E-state index contributed by atoms with van der Waals surface area (Å²) < 4.78 is 5.59. The fourth-order valence-corrected chi connectivity index (χ4v) is 9.99. The molecule has 0 N–H and O–H groups in total. The van der Waals surface area contributed by atoms with Gasteiger partial charge in [-0.1, -0.05) is 98.9 Å². The molecule has 3 aromatic carbocycles. The molecule has 2 heterocycles. The van der Waals surface area contributed by atoms with Crippen LogP contribution in [0.5, 0.6) is 0 Å². The van der Waals surface area contributed by atoms with E-state index < -0.39 is 7.92 Å². The maximum absolute atomic E-state index is 13.1. The molecule has 0 bridgehead atoms. The van der Waals surface area contributed by atoms with Crippen LogP contribution >= 0.6 is 7.92 Å². The highest BCUT2D eigenvalue weighted by atomic mass is 31.1. The average molecular weight is 400 g/mol. The van der Waals surface area contributed by atoms with Crippen LogP contribution in [0, 0.1) is 0 Å². The Kier molecular flexibility index (Phi) is 4.56. The van der Waals surface area contributed by atoms with Gasteiger partial charge in [0, 0.05) is 10.6 Å². The molecule has 0 aliphatic carbocycles. The van der Waals surface area contributed by atoms with E-state index in [0.29, 0.717) is 6.61 Å². The van der Waals surface area contributed by atoms with Crippen LogP contribution in [0.15, 0.2) is 91.0 Å². The summed E-state index contributed by atoms with van der Waals surface area (Å²) in [6, 6.07) is 32.4. The van der Waals surface area contributed by atoms with E-state index in [-0.39, 0.29) is 22.2 Å². The summed E-state index contributed by atoms with van der Waals surface area (Å²) >= 11 is 0. The van der Waals surface area contributed by atoms with E-state index in [1.54, 1.807) is 0 Å². The van der Waals surface area contributed by atoms with Crippen molar-refractivity contribution in [3.63, 3.8) is 0 Å². The third-order valence-electron chi connectivity index (χ3n) is 6.73. The maximum Gasteiger partial charge on any atom is 0.314 e. The molecule has 2 nitrogen and oxygen atoms in total. The van der Waals surface area contributed by atoms with Gasteiger partial charge in [0.05, 0.1) is 12.3 Å². The van der Waals surface area contributed by atoms with Crippen molar-refractivity contribution in [3.8, 4) is 0 Å². The highest BCUT2D eigenvalue weighted by Crippen LogP contribution is 2.91. The van der Waals surface area contributed by atoms with Crippen LogP contribution in [0.3, 0.4) is 0 Å². The van der Waals surface area contributed by atoms with Crippen LogP contribution in [0.25, 0.3) is 0 Å². The lowest BCUT2D eigenvalue weighted by Crippen LogP contribution is -2.43. The summed E-state index contributed by atoms with van der Waals surface area (Å²) in [6.07, 6.45) is 2.16. The normalized spacial score (nSPS) is 26.5. The third kappa shape index (κ3) is 2.49. The molecule has 3 unspecified atom stereocenters. The first-order valence-corrected chi connectivity index (χ1v) is 12.0. The maximum atomic E-state index is 13.1. The van der Waals surface area contributed by atoms with E-state index in [1.165, 1.54) is 16.7 Å². The first-order chi connectivity index (χ1) is 14.3. The summed E-state index contributed by atoms with van der Waals surface area (Å²) in [5, 5.41) is -0.196. The van der Waals surface area contributed by atoms with Crippen molar-refractivity contribution < 1.29 is 9.53 Å². The van der Waals surface area contributed by atoms with Crippen LogP contribution in [0.4, 0.5) is 0 Å². The smallest absolute Gasteiger partial charge is 0.314 e. The second-order valence-corrected chi connectivity index (χ2v) is 10.5. The molecule has 3 aromatic rings. The zero-order valence-electron chi connectivity index (χ0n) is 16.6. The molecule has 2 aliphatic rings. The van der Waals surface area contributed by atoms with Gasteiger partial charge in [0.15, 0.2) is 0 Å². The van der Waals surface area contributed by atoms with Crippen molar-refractivity contribution >= 4 is 13.9 Å². The quantitative estimate of drug-likeness (QED) is 0.406. The topological polar surface area (TPSA) is 26.3 Å². The zero-order valence-corrected chi connectivity index (χ0v) is 17.5. The highest BCUT2D eigenvalue weighted by Gasteiger charge is 2.81. The number of carbonyl (C=O) groups excluding carboxylic acids is 1. The summed E-state index contributed by atoms with van der Waals surface area (Å²) in [7, 11) is -0.483. The highest BCUT2D eigenvalue weighted by molar-refractivity contribution is 7.69. The molecule has 5 rings (SSSR count). The minimum atomic E-state index is -0.483. The molecular weight excluding hydrogens is 375 g/mol. The Morgan fingerprint density at radius 2 is 1.34 bits per heavy atom. The van der Waals surface area contributed by atoms with Crippen molar-refractivity contribution in [2.24, 2.45) is 0 Å². The van der Waals surface area contributed by atoms with Gasteiger partial charge in [-0.2, -0.15) is 0 Å². The average Bonchev–Trinajstić information content (AvgIpc) is 3.35. The molecule has 29 heavy (non-hydrogen) atoms.